The molecule has 0 unspecified atom stereocenters. The molecule has 0 saturated carbocycles. The normalized spacial score (nSPS) is 14.7. The third kappa shape index (κ3) is 5.37. The standard InChI is InChI=1S/C25H28N4O4S/c1-26-18-8-9-19-22(13-18)34-25(28-19)29-24(31)16-6-4-5-15(11-16)14-27-23(30)17-7-10-20(32-2)21(12-17)33-3/h4-7,10-12,18,26H,8-9,13-14H2,1-3H3,(H,27,30)(H,28,29,31)/t18-/m0/s1. The van der Waals surface area contributed by atoms with Crippen molar-refractivity contribution in [2.75, 3.05) is 26.6 Å². The van der Waals surface area contributed by atoms with E-state index in [0.29, 0.717) is 33.8 Å². The lowest BCUT2D eigenvalue weighted by Gasteiger charge is -2.19. The highest BCUT2D eigenvalue weighted by atomic mass is 32.1. The molecule has 2 aromatic carbocycles. The minimum Gasteiger partial charge on any atom is -0.493 e. The van der Waals surface area contributed by atoms with E-state index in [4.69, 9.17) is 9.47 Å². The summed E-state index contributed by atoms with van der Waals surface area (Å²) in [5, 5.41) is 9.75. The molecule has 1 heterocycles. The molecule has 0 aliphatic heterocycles. The average molecular weight is 481 g/mol. The molecular formula is C25H28N4O4S. The molecule has 3 N–H and O–H groups in total. The van der Waals surface area contributed by atoms with Crippen molar-refractivity contribution in [3.8, 4) is 11.5 Å². The maximum absolute atomic E-state index is 12.8. The van der Waals surface area contributed by atoms with E-state index in [9.17, 15) is 9.59 Å². The minimum atomic E-state index is -0.246. The van der Waals surface area contributed by atoms with E-state index in [1.165, 1.54) is 23.3 Å². The zero-order chi connectivity index (χ0) is 24.1. The van der Waals surface area contributed by atoms with E-state index in [1.54, 1.807) is 43.5 Å². The molecule has 4 rings (SSSR count). The summed E-state index contributed by atoms with van der Waals surface area (Å²) in [6.45, 7) is 0.283. The number of anilines is 1. The number of thiazole rings is 1. The summed E-state index contributed by atoms with van der Waals surface area (Å²) >= 11 is 1.54. The van der Waals surface area contributed by atoms with Crippen LogP contribution in [-0.4, -0.2) is 44.1 Å². The Balaban J connectivity index is 1.38. The van der Waals surface area contributed by atoms with Gasteiger partial charge in [-0.2, -0.15) is 0 Å². The second-order valence-corrected chi connectivity index (χ2v) is 9.11. The fourth-order valence-corrected chi connectivity index (χ4v) is 5.01. The quantitative estimate of drug-likeness (QED) is 0.457. The Bertz CT molecular complexity index is 1190. The van der Waals surface area contributed by atoms with Crippen LogP contribution in [0.25, 0.3) is 0 Å². The van der Waals surface area contributed by atoms with Gasteiger partial charge < -0.3 is 20.1 Å². The Kier molecular flexibility index (Phi) is 7.44. The van der Waals surface area contributed by atoms with E-state index < -0.39 is 0 Å². The second kappa shape index (κ2) is 10.7. The van der Waals surface area contributed by atoms with Crippen LogP contribution in [0.1, 0.15) is 43.3 Å². The molecule has 0 saturated heterocycles. The number of aromatic nitrogens is 1. The van der Waals surface area contributed by atoms with Gasteiger partial charge in [0.2, 0.25) is 0 Å². The monoisotopic (exact) mass is 480 g/mol. The van der Waals surface area contributed by atoms with Crippen LogP contribution in [0.2, 0.25) is 0 Å². The lowest BCUT2D eigenvalue weighted by molar-refractivity contribution is 0.0950. The number of fused-ring (bicyclic) bond motifs is 1. The lowest BCUT2D eigenvalue weighted by Crippen LogP contribution is -2.30. The topological polar surface area (TPSA) is 102 Å². The zero-order valence-corrected chi connectivity index (χ0v) is 20.3. The summed E-state index contributed by atoms with van der Waals surface area (Å²) in [5.74, 6) is 0.577. The number of nitrogens with one attached hydrogen (secondary N) is 3. The van der Waals surface area contributed by atoms with Crippen molar-refractivity contribution < 1.29 is 19.1 Å². The molecular weight excluding hydrogens is 452 g/mol. The molecule has 1 aromatic heterocycles. The first kappa shape index (κ1) is 23.7. The number of aryl methyl sites for hydroxylation is 1. The fraction of sp³-hybridized carbons (Fsp3) is 0.320. The van der Waals surface area contributed by atoms with Crippen LogP contribution in [0.4, 0.5) is 5.13 Å². The summed E-state index contributed by atoms with van der Waals surface area (Å²) in [7, 11) is 5.04. The van der Waals surface area contributed by atoms with Gasteiger partial charge in [-0.05, 0) is 62.2 Å². The van der Waals surface area contributed by atoms with Crippen molar-refractivity contribution in [1.29, 1.82) is 0 Å². The maximum atomic E-state index is 12.8. The van der Waals surface area contributed by atoms with Gasteiger partial charge in [-0.3, -0.25) is 14.9 Å². The molecule has 178 valence electrons. The number of methoxy groups -OCH3 is 2. The average Bonchev–Trinajstić information content (AvgIpc) is 3.28. The number of nitrogens with zero attached hydrogens (tertiary/aromatic N) is 1. The van der Waals surface area contributed by atoms with E-state index in [0.717, 1.165) is 30.5 Å². The van der Waals surface area contributed by atoms with Crippen molar-refractivity contribution in [2.45, 2.75) is 31.8 Å². The molecule has 9 heteroatoms. The van der Waals surface area contributed by atoms with Crippen molar-refractivity contribution in [1.82, 2.24) is 15.6 Å². The number of carbonyl (C=O) groups is 2. The number of carbonyl (C=O) groups excluding carboxylic acids is 2. The van der Waals surface area contributed by atoms with Crippen LogP contribution in [0.15, 0.2) is 42.5 Å². The summed E-state index contributed by atoms with van der Waals surface area (Å²) in [6.07, 6.45) is 2.91. The predicted molar refractivity (Wildman–Crippen MR) is 132 cm³/mol. The second-order valence-electron chi connectivity index (χ2n) is 8.02. The largest absolute Gasteiger partial charge is 0.493 e. The van der Waals surface area contributed by atoms with Crippen LogP contribution in [0.3, 0.4) is 0 Å². The molecule has 2 amide bonds. The van der Waals surface area contributed by atoms with E-state index in [2.05, 4.69) is 20.9 Å². The molecule has 1 atom stereocenters. The van der Waals surface area contributed by atoms with Gasteiger partial charge in [0.1, 0.15) is 0 Å². The van der Waals surface area contributed by atoms with Gasteiger partial charge >= 0.3 is 0 Å². The molecule has 0 radical (unpaired) electrons. The molecule has 0 spiro atoms. The third-order valence-corrected chi connectivity index (χ3v) is 6.89. The van der Waals surface area contributed by atoms with Gasteiger partial charge in [-0.15, -0.1) is 11.3 Å². The highest BCUT2D eigenvalue weighted by Gasteiger charge is 2.22. The fourth-order valence-electron chi connectivity index (χ4n) is 3.93. The first-order valence-corrected chi connectivity index (χ1v) is 11.9. The van der Waals surface area contributed by atoms with E-state index in [1.807, 2.05) is 13.1 Å². The Hall–Kier alpha value is -3.43. The van der Waals surface area contributed by atoms with Gasteiger partial charge in [0.15, 0.2) is 16.6 Å². The third-order valence-electron chi connectivity index (χ3n) is 5.86. The zero-order valence-electron chi connectivity index (χ0n) is 19.4. The molecule has 8 nitrogen and oxygen atoms in total. The van der Waals surface area contributed by atoms with Gasteiger partial charge in [-0.25, -0.2) is 4.98 Å². The van der Waals surface area contributed by atoms with E-state index in [-0.39, 0.29) is 18.4 Å². The van der Waals surface area contributed by atoms with Crippen LogP contribution < -0.4 is 25.4 Å². The van der Waals surface area contributed by atoms with Gasteiger partial charge in [0.25, 0.3) is 11.8 Å². The SMILES string of the molecule is CN[C@H]1CCc2nc(NC(=O)c3cccc(CNC(=O)c4ccc(OC)c(OC)c4)c3)sc2C1. The molecule has 1 aliphatic rings. The summed E-state index contributed by atoms with van der Waals surface area (Å²) in [6, 6.07) is 12.6. The van der Waals surface area contributed by atoms with Crippen molar-refractivity contribution in [3.63, 3.8) is 0 Å². The summed E-state index contributed by atoms with van der Waals surface area (Å²) < 4.78 is 10.5. The number of ether oxygens (including phenoxy) is 2. The number of likely N-dealkylation sites (N-methyl/N-ethyl adjacent to an activating group) is 1. The minimum absolute atomic E-state index is 0.218. The Morgan fingerprint density at radius 2 is 1.85 bits per heavy atom. The Morgan fingerprint density at radius 3 is 2.62 bits per heavy atom. The van der Waals surface area contributed by atoms with Gasteiger partial charge in [0, 0.05) is 28.6 Å². The Morgan fingerprint density at radius 1 is 1.06 bits per heavy atom. The maximum Gasteiger partial charge on any atom is 0.257 e. The molecule has 0 bridgehead atoms. The highest BCUT2D eigenvalue weighted by molar-refractivity contribution is 7.15. The first-order chi connectivity index (χ1) is 16.5. The first-order valence-electron chi connectivity index (χ1n) is 11.1. The van der Waals surface area contributed by atoms with Crippen molar-refractivity contribution >= 4 is 28.3 Å². The van der Waals surface area contributed by atoms with Crippen LogP contribution in [-0.2, 0) is 19.4 Å². The Labute approximate surface area is 202 Å². The summed E-state index contributed by atoms with van der Waals surface area (Å²) in [5.41, 5.74) is 2.87. The van der Waals surface area contributed by atoms with Gasteiger partial charge in [-0.1, -0.05) is 12.1 Å². The highest BCUT2D eigenvalue weighted by Crippen LogP contribution is 2.30. The molecule has 34 heavy (non-hydrogen) atoms. The molecule has 0 fully saturated rings. The van der Waals surface area contributed by atoms with Crippen molar-refractivity contribution in [2.24, 2.45) is 0 Å². The van der Waals surface area contributed by atoms with Gasteiger partial charge in [0.05, 0.1) is 19.9 Å². The van der Waals surface area contributed by atoms with Crippen molar-refractivity contribution in [3.05, 3.63) is 69.7 Å². The lowest BCUT2D eigenvalue weighted by atomic mass is 9.98. The van der Waals surface area contributed by atoms with Crippen LogP contribution in [0.5, 0.6) is 11.5 Å². The van der Waals surface area contributed by atoms with Crippen LogP contribution in [0, 0.1) is 0 Å². The number of benzene rings is 2. The molecule has 1 aliphatic carbocycles. The predicted octanol–water partition coefficient (Wildman–Crippen LogP) is 3.42. The number of hydrogen-bond acceptors (Lipinski definition) is 7. The number of rotatable bonds is 8. The molecule has 3 aromatic rings. The van der Waals surface area contributed by atoms with Crippen LogP contribution >= 0.6 is 11.3 Å². The number of hydrogen-bond donors (Lipinski definition) is 3. The smallest absolute Gasteiger partial charge is 0.257 e. The number of amides is 2. The van der Waals surface area contributed by atoms with E-state index >= 15 is 0 Å². The summed E-state index contributed by atoms with van der Waals surface area (Å²) in [4.78, 5) is 31.2.